The summed E-state index contributed by atoms with van der Waals surface area (Å²) in [5.41, 5.74) is 1.26. The summed E-state index contributed by atoms with van der Waals surface area (Å²) in [6.45, 7) is 9.94. The monoisotopic (exact) mass is 308 g/mol. The molecular weight excluding hydrogens is 284 g/mol. The molecular formula is C15H24N4OS. The molecule has 2 aromatic rings. The van der Waals surface area contributed by atoms with Crippen molar-refractivity contribution in [2.45, 2.75) is 45.8 Å². The summed E-state index contributed by atoms with van der Waals surface area (Å²) in [5, 5.41) is 5.63. The van der Waals surface area contributed by atoms with E-state index in [2.05, 4.69) is 47.0 Å². The van der Waals surface area contributed by atoms with Gasteiger partial charge in [0, 0.05) is 30.7 Å². The summed E-state index contributed by atoms with van der Waals surface area (Å²) in [4.78, 5) is 8.39. The van der Waals surface area contributed by atoms with Crippen molar-refractivity contribution in [3.8, 4) is 0 Å². The highest BCUT2D eigenvalue weighted by Gasteiger charge is 2.27. The zero-order valence-corrected chi connectivity index (χ0v) is 13.8. The van der Waals surface area contributed by atoms with Crippen LogP contribution in [0.1, 0.15) is 32.9 Å². The summed E-state index contributed by atoms with van der Waals surface area (Å²) < 4.78 is 7.85. The molecule has 0 amide bonds. The number of rotatable bonds is 5. The Kier molecular flexibility index (Phi) is 4.47. The van der Waals surface area contributed by atoms with Crippen LogP contribution in [0, 0.1) is 0 Å². The van der Waals surface area contributed by atoms with Gasteiger partial charge in [0.15, 0.2) is 10.8 Å². The van der Waals surface area contributed by atoms with Gasteiger partial charge in [-0.15, -0.1) is 11.3 Å². The quantitative estimate of drug-likeness (QED) is 0.921. The van der Waals surface area contributed by atoms with Crippen LogP contribution in [0.3, 0.4) is 0 Å². The summed E-state index contributed by atoms with van der Waals surface area (Å²) in [6.07, 6.45) is 3.21. The lowest BCUT2D eigenvalue weighted by Gasteiger charge is -2.36. The first-order valence-electron chi connectivity index (χ1n) is 7.73. The molecule has 0 bridgehead atoms. The van der Waals surface area contributed by atoms with Crippen LogP contribution in [0.15, 0.2) is 11.6 Å². The van der Waals surface area contributed by atoms with Crippen LogP contribution in [-0.4, -0.2) is 41.2 Å². The fourth-order valence-electron chi connectivity index (χ4n) is 2.79. The minimum absolute atomic E-state index is 0.432. The first-order chi connectivity index (χ1) is 10.2. The molecule has 0 saturated carbocycles. The van der Waals surface area contributed by atoms with E-state index in [-0.39, 0.29) is 0 Å². The lowest BCUT2D eigenvalue weighted by molar-refractivity contribution is 0.0925. The number of nitrogens with zero attached hydrogens (tertiary/aromatic N) is 3. The van der Waals surface area contributed by atoms with Crippen molar-refractivity contribution in [3.63, 3.8) is 0 Å². The van der Waals surface area contributed by atoms with Crippen LogP contribution < -0.4 is 10.2 Å². The van der Waals surface area contributed by atoms with E-state index < -0.39 is 0 Å². The molecule has 6 heteroatoms. The van der Waals surface area contributed by atoms with E-state index in [0.29, 0.717) is 12.1 Å². The van der Waals surface area contributed by atoms with Crippen LogP contribution >= 0.6 is 11.3 Å². The Morgan fingerprint density at radius 1 is 1.52 bits per heavy atom. The predicted molar refractivity (Wildman–Crippen MR) is 87.3 cm³/mol. The number of thiazole rings is 1. The summed E-state index contributed by atoms with van der Waals surface area (Å²) in [5.74, 6) is 1.13. The van der Waals surface area contributed by atoms with Crippen LogP contribution in [0.25, 0.3) is 4.96 Å². The van der Waals surface area contributed by atoms with Gasteiger partial charge < -0.3 is 15.0 Å². The minimum atomic E-state index is 0.432. The van der Waals surface area contributed by atoms with E-state index >= 15 is 0 Å². The van der Waals surface area contributed by atoms with Gasteiger partial charge in [0.25, 0.3) is 0 Å². The van der Waals surface area contributed by atoms with Crippen LogP contribution in [0.5, 0.6) is 0 Å². The lowest BCUT2D eigenvalue weighted by atomic mass is 10.1. The topological polar surface area (TPSA) is 41.8 Å². The van der Waals surface area contributed by atoms with Crippen molar-refractivity contribution in [3.05, 3.63) is 17.3 Å². The Hall–Kier alpha value is -1.11. The molecule has 1 atom stereocenters. The van der Waals surface area contributed by atoms with Crippen molar-refractivity contribution in [1.82, 2.24) is 14.7 Å². The highest BCUT2D eigenvalue weighted by atomic mass is 32.1. The third kappa shape index (κ3) is 2.93. The molecule has 1 fully saturated rings. The second-order valence-electron chi connectivity index (χ2n) is 5.80. The molecule has 1 aliphatic rings. The molecule has 116 valence electrons. The number of ether oxygens (including phenoxy) is 1. The molecule has 3 heterocycles. The summed E-state index contributed by atoms with van der Waals surface area (Å²) >= 11 is 1.70. The van der Waals surface area contributed by atoms with Crippen LogP contribution in [0.2, 0.25) is 0 Å². The van der Waals surface area contributed by atoms with Gasteiger partial charge in [-0.25, -0.2) is 4.98 Å². The zero-order chi connectivity index (χ0) is 14.8. The van der Waals surface area contributed by atoms with E-state index in [4.69, 9.17) is 9.72 Å². The van der Waals surface area contributed by atoms with E-state index in [0.717, 1.165) is 43.5 Å². The highest BCUT2D eigenvalue weighted by molar-refractivity contribution is 7.15. The number of morpholine rings is 1. The lowest BCUT2D eigenvalue weighted by Crippen LogP contribution is -2.46. The highest BCUT2D eigenvalue weighted by Crippen LogP contribution is 2.28. The molecule has 0 aliphatic carbocycles. The Balaban J connectivity index is 1.95. The number of aromatic nitrogens is 2. The maximum absolute atomic E-state index is 5.63. The van der Waals surface area contributed by atoms with Crippen molar-refractivity contribution in [1.29, 1.82) is 0 Å². The average molecular weight is 308 g/mol. The first-order valence-corrected chi connectivity index (χ1v) is 8.60. The van der Waals surface area contributed by atoms with E-state index in [1.807, 2.05) is 0 Å². The minimum Gasteiger partial charge on any atom is -0.377 e. The fourth-order valence-corrected chi connectivity index (χ4v) is 3.52. The van der Waals surface area contributed by atoms with E-state index in [9.17, 15) is 0 Å². The molecule has 0 aromatic carbocycles. The molecule has 3 rings (SSSR count). The molecule has 1 aliphatic heterocycles. The van der Waals surface area contributed by atoms with Crippen molar-refractivity contribution in [2.75, 3.05) is 24.7 Å². The zero-order valence-electron chi connectivity index (χ0n) is 13.0. The van der Waals surface area contributed by atoms with Gasteiger partial charge in [-0.05, 0) is 6.42 Å². The molecule has 2 aromatic heterocycles. The van der Waals surface area contributed by atoms with E-state index in [1.165, 1.54) is 5.69 Å². The summed E-state index contributed by atoms with van der Waals surface area (Å²) in [6, 6.07) is 0.898. The predicted octanol–water partition coefficient (Wildman–Crippen LogP) is 2.51. The summed E-state index contributed by atoms with van der Waals surface area (Å²) in [7, 11) is 0. The van der Waals surface area contributed by atoms with Crippen molar-refractivity contribution in [2.24, 2.45) is 0 Å². The SMILES string of the molecule is CCC1COCCN1c1nc2sccn2c1CNC(C)C. The number of anilines is 1. The second-order valence-corrected chi connectivity index (χ2v) is 6.68. The number of fused-ring (bicyclic) bond motifs is 1. The van der Waals surface area contributed by atoms with E-state index in [1.54, 1.807) is 11.3 Å². The third-order valence-electron chi connectivity index (χ3n) is 3.99. The van der Waals surface area contributed by atoms with Gasteiger partial charge in [-0.3, -0.25) is 4.40 Å². The van der Waals surface area contributed by atoms with Gasteiger partial charge in [0.05, 0.1) is 24.9 Å². The standard InChI is InChI=1S/C15H24N4OS/c1-4-12-10-20-7-5-18(12)14-13(9-16-11(2)3)19-6-8-21-15(19)17-14/h6,8,11-12,16H,4-5,7,9-10H2,1-3H3. The molecule has 1 saturated heterocycles. The second kappa shape index (κ2) is 6.34. The van der Waals surface area contributed by atoms with Gasteiger partial charge in [-0.2, -0.15) is 0 Å². The number of hydrogen-bond donors (Lipinski definition) is 1. The van der Waals surface area contributed by atoms with Crippen LogP contribution in [0.4, 0.5) is 5.82 Å². The molecule has 0 radical (unpaired) electrons. The molecule has 21 heavy (non-hydrogen) atoms. The molecule has 5 nitrogen and oxygen atoms in total. The van der Waals surface area contributed by atoms with Crippen LogP contribution in [-0.2, 0) is 11.3 Å². The van der Waals surface area contributed by atoms with Crippen molar-refractivity contribution < 1.29 is 4.74 Å². The smallest absolute Gasteiger partial charge is 0.195 e. The van der Waals surface area contributed by atoms with Crippen molar-refractivity contribution >= 4 is 22.1 Å². The molecule has 1 N–H and O–H groups in total. The first kappa shape index (κ1) is 14.8. The molecule has 0 spiro atoms. The third-order valence-corrected chi connectivity index (χ3v) is 4.75. The van der Waals surface area contributed by atoms with Gasteiger partial charge in [0.1, 0.15) is 0 Å². The Labute approximate surface area is 129 Å². The van der Waals surface area contributed by atoms with Gasteiger partial charge >= 0.3 is 0 Å². The Morgan fingerprint density at radius 2 is 2.38 bits per heavy atom. The maximum atomic E-state index is 5.63. The normalized spacial score (nSPS) is 19.8. The molecule has 1 unspecified atom stereocenters. The largest absolute Gasteiger partial charge is 0.377 e. The average Bonchev–Trinajstić information content (AvgIpc) is 3.05. The van der Waals surface area contributed by atoms with Gasteiger partial charge in [0.2, 0.25) is 0 Å². The Bertz CT molecular complexity index is 592. The maximum Gasteiger partial charge on any atom is 0.195 e. The number of nitrogens with one attached hydrogen (secondary N) is 1. The number of hydrogen-bond acceptors (Lipinski definition) is 5. The van der Waals surface area contributed by atoms with Gasteiger partial charge in [-0.1, -0.05) is 20.8 Å². The Morgan fingerprint density at radius 3 is 3.14 bits per heavy atom. The number of imidazole rings is 1. The fraction of sp³-hybridized carbons (Fsp3) is 0.667.